The number of aryl methyl sites for hydroxylation is 1. The lowest BCUT2D eigenvalue weighted by atomic mass is 10.1. The van der Waals surface area contributed by atoms with Crippen LogP contribution in [0.5, 0.6) is 0 Å². The molecule has 100 valence electrons. The van der Waals surface area contributed by atoms with Crippen molar-refractivity contribution in [3.63, 3.8) is 0 Å². The molecule has 2 aromatic rings. The molecule has 4 nitrogen and oxygen atoms in total. The minimum absolute atomic E-state index is 0.443. The number of anilines is 1. The van der Waals surface area contributed by atoms with E-state index in [0.717, 1.165) is 17.7 Å². The van der Waals surface area contributed by atoms with Crippen molar-refractivity contribution >= 4 is 29.0 Å². The predicted molar refractivity (Wildman–Crippen MR) is 79.4 cm³/mol. The van der Waals surface area contributed by atoms with Crippen molar-refractivity contribution in [3.8, 4) is 11.4 Å². The van der Waals surface area contributed by atoms with Crippen molar-refractivity contribution in [2.24, 2.45) is 5.84 Å². The topological polar surface area (TPSA) is 63.8 Å². The van der Waals surface area contributed by atoms with E-state index in [0.29, 0.717) is 27.3 Å². The van der Waals surface area contributed by atoms with Crippen LogP contribution in [0, 0.1) is 6.92 Å². The minimum Gasteiger partial charge on any atom is -0.308 e. The van der Waals surface area contributed by atoms with Gasteiger partial charge in [0.15, 0.2) is 5.82 Å². The Morgan fingerprint density at radius 1 is 1.26 bits per heavy atom. The second kappa shape index (κ2) is 5.74. The van der Waals surface area contributed by atoms with E-state index in [9.17, 15) is 0 Å². The summed E-state index contributed by atoms with van der Waals surface area (Å²) in [5.74, 6) is 6.60. The minimum atomic E-state index is 0.443. The first-order valence-corrected chi connectivity index (χ1v) is 6.62. The van der Waals surface area contributed by atoms with Gasteiger partial charge in [0.05, 0.1) is 10.0 Å². The third-order valence-electron chi connectivity index (χ3n) is 2.91. The number of aromatic nitrogens is 2. The van der Waals surface area contributed by atoms with Crippen LogP contribution in [0.4, 0.5) is 5.82 Å². The van der Waals surface area contributed by atoms with Crippen LogP contribution in [0.25, 0.3) is 11.4 Å². The highest BCUT2D eigenvalue weighted by molar-refractivity contribution is 6.43. The molecule has 0 aliphatic carbocycles. The summed E-state index contributed by atoms with van der Waals surface area (Å²) in [6, 6.07) is 5.37. The van der Waals surface area contributed by atoms with E-state index in [2.05, 4.69) is 15.4 Å². The van der Waals surface area contributed by atoms with Crippen LogP contribution in [-0.2, 0) is 6.42 Å². The zero-order valence-corrected chi connectivity index (χ0v) is 12.2. The Bertz CT molecular complexity index is 589. The Hall–Kier alpha value is -1.36. The van der Waals surface area contributed by atoms with Gasteiger partial charge in [-0.3, -0.25) is 0 Å². The van der Waals surface area contributed by atoms with Gasteiger partial charge in [0, 0.05) is 16.8 Å². The zero-order chi connectivity index (χ0) is 14.0. The molecular formula is C13H14Cl2N4. The summed E-state index contributed by atoms with van der Waals surface area (Å²) in [7, 11) is 0. The number of hydrogen-bond donors (Lipinski definition) is 2. The number of nitrogens with one attached hydrogen (secondary N) is 1. The van der Waals surface area contributed by atoms with Crippen LogP contribution in [-0.4, -0.2) is 9.97 Å². The molecule has 0 saturated carbocycles. The van der Waals surface area contributed by atoms with E-state index >= 15 is 0 Å². The van der Waals surface area contributed by atoms with Crippen molar-refractivity contribution in [2.45, 2.75) is 20.3 Å². The maximum Gasteiger partial charge on any atom is 0.163 e. The van der Waals surface area contributed by atoms with E-state index in [4.69, 9.17) is 29.0 Å². The van der Waals surface area contributed by atoms with Gasteiger partial charge in [-0.1, -0.05) is 36.2 Å². The van der Waals surface area contributed by atoms with Gasteiger partial charge in [0.25, 0.3) is 0 Å². The fraction of sp³-hybridized carbons (Fsp3) is 0.231. The Kier molecular flexibility index (Phi) is 4.24. The largest absolute Gasteiger partial charge is 0.308 e. The highest BCUT2D eigenvalue weighted by atomic mass is 35.5. The van der Waals surface area contributed by atoms with Gasteiger partial charge < -0.3 is 5.43 Å². The summed E-state index contributed by atoms with van der Waals surface area (Å²) in [5.41, 5.74) is 5.14. The van der Waals surface area contributed by atoms with Crippen LogP contribution in [0.1, 0.15) is 18.2 Å². The summed E-state index contributed by atoms with van der Waals surface area (Å²) < 4.78 is 0. The number of hydrogen-bond acceptors (Lipinski definition) is 4. The number of nitrogens with two attached hydrogens (primary N) is 1. The second-order valence-electron chi connectivity index (χ2n) is 4.07. The van der Waals surface area contributed by atoms with E-state index < -0.39 is 0 Å². The first kappa shape index (κ1) is 14.1. The molecular weight excluding hydrogens is 283 g/mol. The third kappa shape index (κ3) is 2.66. The van der Waals surface area contributed by atoms with Gasteiger partial charge in [0.2, 0.25) is 0 Å². The lowest BCUT2D eigenvalue weighted by Gasteiger charge is -2.12. The van der Waals surface area contributed by atoms with Crippen LogP contribution in [0.2, 0.25) is 10.0 Å². The van der Waals surface area contributed by atoms with Crippen molar-refractivity contribution in [1.29, 1.82) is 0 Å². The Morgan fingerprint density at radius 3 is 2.63 bits per heavy atom. The number of nitrogen functional groups attached to an aromatic ring is 1. The Balaban J connectivity index is 2.65. The molecule has 0 saturated heterocycles. The van der Waals surface area contributed by atoms with Gasteiger partial charge in [-0.15, -0.1) is 0 Å². The summed E-state index contributed by atoms with van der Waals surface area (Å²) >= 11 is 12.2. The monoisotopic (exact) mass is 296 g/mol. The molecule has 0 spiro atoms. The van der Waals surface area contributed by atoms with Crippen LogP contribution in [0.3, 0.4) is 0 Å². The highest BCUT2D eigenvalue weighted by Crippen LogP contribution is 2.32. The fourth-order valence-electron chi connectivity index (χ4n) is 1.84. The Labute approximate surface area is 121 Å². The molecule has 3 N–H and O–H groups in total. The lowest BCUT2D eigenvalue weighted by molar-refractivity contribution is 0.973. The first-order chi connectivity index (χ1) is 9.08. The number of rotatable bonds is 3. The lowest BCUT2D eigenvalue weighted by Crippen LogP contribution is -2.13. The van der Waals surface area contributed by atoms with Gasteiger partial charge >= 0.3 is 0 Å². The van der Waals surface area contributed by atoms with E-state index in [-0.39, 0.29) is 0 Å². The molecule has 19 heavy (non-hydrogen) atoms. The van der Waals surface area contributed by atoms with Crippen molar-refractivity contribution in [3.05, 3.63) is 39.5 Å². The number of nitrogens with zero attached hydrogens (tertiary/aromatic N) is 2. The zero-order valence-electron chi connectivity index (χ0n) is 10.7. The van der Waals surface area contributed by atoms with Gasteiger partial charge in [0.1, 0.15) is 5.82 Å². The SMILES string of the molecule is CCc1nc(-c2cccc(Cl)c2Cl)nc(NN)c1C. The molecule has 1 heterocycles. The van der Waals surface area contributed by atoms with Crippen molar-refractivity contribution < 1.29 is 0 Å². The Morgan fingerprint density at radius 2 is 2.00 bits per heavy atom. The normalized spacial score (nSPS) is 10.6. The van der Waals surface area contributed by atoms with Gasteiger partial charge in [-0.05, 0) is 25.5 Å². The molecule has 2 rings (SSSR count). The fourth-order valence-corrected chi connectivity index (χ4v) is 2.23. The number of halogens is 2. The van der Waals surface area contributed by atoms with Crippen molar-refractivity contribution in [2.75, 3.05) is 5.43 Å². The maximum atomic E-state index is 6.19. The molecule has 0 aliphatic rings. The molecule has 0 fully saturated rings. The van der Waals surface area contributed by atoms with Crippen LogP contribution < -0.4 is 11.3 Å². The van der Waals surface area contributed by atoms with Crippen LogP contribution in [0.15, 0.2) is 18.2 Å². The molecule has 0 radical (unpaired) electrons. The molecule has 0 aliphatic heterocycles. The molecule has 0 unspecified atom stereocenters. The summed E-state index contributed by atoms with van der Waals surface area (Å²) in [6.07, 6.45) is 0.786. The molecule has 0 atom stereocenters. The summed E-state index contributed by atoms with van der Waals surface area (Å²) in [5, 5.41) is 0.918. The molecule has 0 amide bonds. The molecule has 0 bridgehead atoms. The van der Waals surface area contributed by atoms with E-state index in [1.807, 2.05) is 26.0 Å². The molecule has 1 aromatic heterocycles. The smallest absolute Gasteiger partial charge is 0.163 e. The second-order valence-corrected chi connectivity index (χ2v) is 4.85. The van der Waals surface area contributed by atoms with E-state index in [1.54, 1.807) is 6.07 Å². The summed E-state index contributed by atoms with van der Waals surface area (Å²) in [6.45, 7) is 3.95. The molecule has 1 aromatic carbocycles. The average Bonchev–Trinajstić information content (AvgIpc) is 2.42. The summed E-state index contributed by atoms with van der Waals surface area (Å²) in [4.78, 5) is 8.90. The quantitative estimate of drug-likeness (QED) is 0.671. The highest BCUT2D eigenvalue weighted by Gasteiger charge is 2.14. The predicted octanol–water partition coefficient (Wildman–Crippen LogP) is 3.61. The van der Waals surface area contributed by atoms with Crippen LogP contribution >= 0.6 is 23.2 Å². The maximum absolute atomic E-state index is 6.19. The standard InChI is InChI=1S/C13H14Cl2N4/c1-3-10-7(2)12(19-16)18-13(17-10)8-5-4-6-9(14)11(8)15/h4-6H,3,16H2,1-2H3,(H,17,18,19). The van der Waals surface area contributed by atoms with Crippen molar-refractivity contribution in [1.82, 2.24) is 9.97 Å². The van der Waals surface area contributed by atoms with E-state index in [1.165, 1.54) is 0 Å². The third-order valence-corrected chi connectivity index (χ3v) is 3.73. The number of benzene rings is 1. The van der Waals surface area contributed by atoms with Gasteiger partial charge in [-0.2, -0.15) is 0 Å². The molecule has 6 heteroatoms. The van der Waals surface area contributed by atoms with Gasteiger partial charge in [-0.25, -0.2) is 15.8 Å². The average molecular weight is 297 g/mol. The first-order valence-electron chi connectivity index (χ1n) is 5.87. The number of hydrazine groups is 1.